The second-order valence-corrected chi connectivity index (χ2v) is 10.6. The lowest BCUT2D eigenvalue weighted by atomic mass is 10.0. The molecule has 0 amide bonds. The molecule has 0 fully saturated rings. The van der Waals surface area contributed by atoms with Gasteiger partial charge in [0.2, 0.25) is 0 Å². The van der Waals surface area contributed by atoms with E-state index in [2.05, 4.69) is 93.3 Å². The van der Waals surface area contributed by atoms with Crippen LogP contribution in [0.5, 0.6) is 0 Å². The van der Waals surface area contributed by atoms with E-state index in [0.29, 0.717) is 0 Å². The minimum absolute atomic E-state index is 0.0373. The van der Waals surface area contributed by atoms with Crippen molar-refractivity contribution in [2.24, 2.45) is 0 Å². The molecule has 19 heavy (non-hydrogen) atoms. The maximum absolute atomic E-state index is 4.14. The molecule has 0 bridgehead atoms. The van der Waals surface area contributed by atoms with E-state index in [1.165, 1.54) is 10.8 Å². The molecule has 0 saturated heterocycles. The van der Waals surface area contributed by atoms with Gasteiger partial charge in [0.05, 0.1) is 8.07 Å². The van der Waals surface area contributed by atoms with Crippen LogP contribution in [0.4, 0.5) is 0 Å². The first-order chi connectivity index (χ1) is 9.02. The third-order valence-corrected chi connectivity index (χ3v) is 9.44. The highest BCUT2D eigenvalue weighted by Crippen LogP contribution is 2.34. The lowest BCUT2D eigenvalue weighted by Gasteiger charge is -2.41. The monoisotopic (exact) mass is 266 g/mol. The Morgan fingerprint density at radius 2 is 1.37 bits per heavy atom. The number of hydrogen-bond donors (Lipinski definition) is 0. The maximum Gasteiger partial charge on any atom is 0.0950 e. The predicted octanol–water partition coefficient (Wildman–Crippen LogP) is 4.29. The molecule has 0 saturated carbocycles. The Morgan fingerprint density at radius 3 is 1.84 bits per heavy atom. The van der Waals surface area contributed by atoms with Gasteiger partial charge < -0.3 is 0 Å². The molecule has 0 radical (unpaired) electrons. The fraction of sp³-hybridized carbons (Fsp3) is 0.222. The van der Waals surface area contributed by atoms with Crippen LogP contribution in [0.25, 0.3) is 0 Å². The SMILES string of the molecule is C=C[C@@](C)(c1ccccc1)[Si](C)(C)c1ccccc1. The minimum Gasteiger partial charge on any atom is -0.102 e. The number of allylic oxidation sites excluding steroid dienone is 1. The topological polar surface area (TPSA) is 0 Å². The normalized spacial score (nSPS) is 14.7. The van der Waals surface area contributed by atoms with E-state index in [4.69, 9.17) is 0 Å². The molecule has 0 aliphatic carbocycles. The second-order valence-electron chi connectivity index (χ2n) is 5.76. The summed E-state index contributed by atoms with van der Waals surface area (Å²) in [5.41, 5.74) is 1.37. The third-order valence-electron chi connectivity index (χ3n) is 4.58. The first kappa shape index (κ1) is 13.8. The summed E-state index contributed by atoms with van der Waals surface area (Å²) in [4.78, 5) is 0. The largest absolute Gasteiger partial charge is 0.102 e. The summed E-state index contributed by atoms with van der Waals surface area (Å²) in [6, 6.07) is 21.6. The second kappa shape index (κ2) is 5.18. The quantitative estimate of drug-likeness (QED) is 0.572. The Bertz CT molecular complexity index is 542. The highest BCUT2D eigenvalue weighted by molar-refractivity contribution is 6.92. The van der Waals surface area contributed by atoms with E-state index < -0.39 is 8.07 Å². The lowest BCUT2D eigenvalue weighted by Crippen LogP contribution is -2.57. The van der Waals surface area contributed by atoms with Gasteiger partial charge in [-0.2, -0.15) is 0 Å². The molecule has 0 N–H and O–H groups in total. The van der Waals surface area contributed by atoms with Gasteiger partial charge in [0.1, 0.15) is 0 Å². The molecule has 2 rings (SSSR count). The molecule has 0 aliphatic heterocycles. The van der Waals surface area contributed by atoms with Gasteiger partial charge in [-0.3, -0.25) is 0 Å². The Morgan fingerprint density at radius 1 is 0.895 bits per heavy atom. The molecule has 2 aromatic carbocycles. The number of hydrogen-bond acceptors (Lipinski definition) is 0. The van der Waals surface area contributed by atoms with E-state index in [1.54, 1.807) is 0 Å². The Labute approximate surface area is 117 Å². The van der Waals surface area contributed by atoms with Gasteiger partial charge in [0.25, 0.3) is 0 Å². The van der Waals surface area contributed by atoms with Gasteiger partial charge in [-0.15, -0.1) is 6.58 Å². The molecule has 1 heteroatoms. The summed E-state index contributed by atoms with van der Waals surface area (Å²) >= 11 is 0. The molecule has 0 unspecified atom stereocenters. The van der Waals surface area contributed by atoms with Crippen LogP contribution in [0.1, 0.15) is 12.5 Å². The molecule has 0 aromatic heterocycles. The average Bonchev–Trinajstić information content (AvgIpc) is 2.48. The molecule has 0 aliphatic rings. The van der Waals surface area contributed by atoms with Crippen molar-refractivity contribution in [1.29, 1.82) is 0 Å². The first-order valence-corrected chi connectivity index (χ1v) is 9.77. The van der Waals surface area contributed by atoms with Crippen molar-refractivity contribution in [3.8, 4) is 0 Å². The molecule has 0 nitrogen and oxygen atoms in total. The zero-order chi connectivity index (χ0) is 13.9. The van der Waals surface area contributed by atoms with Crippen LogP contribution in [0.15, 0.2) is 73.3 Å². The minimum atomic E-state index is -1.69. The van der Waals surface area contributed by atoms with Gasteiger partial charge >= 0.3 is 0 Å². The first-order valence-electron chi connectivity index (χ1n) is 6.77. The van der Waals surface area contributed by atoms with Crippen molar-refractivity contribution in [1.82, 2.24) is 0 Å². The van der Waals surface area contributed by atoms with Crippen LogP contribution in [-0.4, -0.2) is 8.07 Å². The van der Waals surface area contributed by atoms with Crippen molar-refractivity contribution in [2.75, 3.05) is 0 Å². The van der Waals surface area contributed by atoms with Crippen LogP contribution in [0.3, 0.4) is 0 Å². The Hall–Kier alpha value is -1.60. The molecule has 0 heterocycles. The van der Waals surface area contributed by atoms with E-state index in [1.807, 2.05) is 0 Å². The fourth-order valence-electron chi connectivity index (χ4n) is 2.67. The summed E-state index contributed by atoms with van der Waals surface area (Å²) in [7, 11) is -1.69. The third kappa shape index (κ3) is 2.31. The summed E-state index contributed by atoms with van der Waals surface area (Å²) in [6.45, 7) is 11.3. The van der Waals surface area contributed by atoms with Crippen molar-refractivity contribution >= 4 is 13.3 Å². The average molecular weight is 266 g/mol. The van der Waals surface area contributed by atoms with Crippen LogP contribution in [0.2, 0.25) is 13.1 Å². The molecule has 2 aromatic rings. The van der Waals surface area contributed by atoms with Crippen LogP contribution >= 0.6 is 0 Å². The van der Waals surface area contributed by atoms with Crippen molar-refractivity contribution in [3.63, 3.8) is 0 Å². The summed E-state index contributed by atoms with van der Waals surface area (Å²) < 4.78 is 0. The Kier molecular flexibility index (Phi) is 3.77. The fourth-order valence-corrected chi connectivity index (χ4v) is 5.70. The van der Waals surface area contributed by atoms with Crippen LogP contribution < -0.4 is 5.19 Å². The van der Waals surface area contributed by atoms with Gasteiger partial charge in [-0.05, 0) is 5.56 Å². The predicted molar refractivity (Wildman–Crippen MR) is 87.5 cm³/mol. The van der Waals surface area contributed by atoms with E-state index in [0.717, 1.165) is 0 Å². The highest BCUT2D eigenvalue weighted by atomic mass is 28.3. The molecule has 98 valence electrons. The van der Waals surface area contributed by atoms with Crippen molar-refractivity contribution < 1.29 is 0 Å². The summed E-state index contributed by atoms with van der Waals surface area (Å²) in [5.74, 6) is 0. The smallest absolute Gasteiger partial charge is 0.0950 e. The molecular weight excluding hydrogens is 244 g/mol. The lowest BCUT2D eigenvalue weighted by molar-refractivity contribution is 0.819. The standard InChI is InChI=1S/C18H22Si/c1-5-18(2,16-12-8-6-9-13-16)19(3,4)17-14-10-7-11-15-17/h5-15H,1H2,2-4H3/t18-/m0/s1. The zero-order valence-corrected chi connectivity index (χ0v) is 13.1. The molecular formula is C18H22Si. The summed E-state index contributed by atoms with van der Waals surface area (Å²) in [6.07, 6.45) is 2.14. The zero-order valence-electron chi connectivity index (χ0n) is 12.1. The molecule has 0 spiro atoms. The van der Waals surface area contributed by atoms with Crippen molar-refractivity contribution in [3.05, 3.63) is 78.9 Å². The summed E-state index contributed by atoms with van der Waals surface area (Å²) in [5, 5.41) is 1.51. The van der Waals surface area contributed by atoms with Gasteiger partial charge in [-0.25, -0.2) is 0 Å². The highest BCUT2D eigenvalue weighted by Gasteiger charge is 2.42. The van der Waals surface area contributed by atoms with Crippen molar-refractivity contribution in [2.45, 2.75) is 25.1 Å². The molecule has 1 atom stereocenters. The number of benzene rings is 2. The van der Waals surface area contributed by atoms with Crippen LogP contribution in [-0.2, 0) is 5.04 Å². The Balaban J connectivity index is 2.55. The van der Waals surface area contributed by atoms with Gasteiger partial charge in [0.15, 0.2) is 0 Å². The van der Waals surface area contributed by atoms with E-state index >= 15 is 0 Å². The van der Waals surface area contributed by atoms with E-state index in [-0.39, 0.29) is 5.04 Å². The maximum atomic E-state index is 4.14. The van der Waals surface area contributed by atoms with Crippen LogP contribution in [0, 0.1) is 0 Å². The van der Waals surface area contributed by atoms with E-state index in [9.17, 15) is 0 Å². The van der Waals surface area contributed by atoms with Gasteiger partial charge in [-0.1, -0.05) is 91.9 Å². The number of rotatable bonds is 4. The van der Waals surface area contributed by atoms with Gasteiger partial charge in [0, 0.05) is 5.04 Å².